The average molecular weight is 330 g/mol. The summed E-state index contributed by atoms with van der Waals surface area (Å²) >= 11 is 0. The quantitative estimate of drug-likeness (QED) is 0.860. The molecule has 0 heterocycles. The van der Waals surface area contributed by atoms with Gasteiger partial charge in [-0.25, -0.2) is 18.4 Å². The molecule has 0 fully saturated rings. The minimum atomic E-state index is -3.90. The smallest absolute Gasteiger partial charge is 0.338 e. The van der Waals surface area contributed by atoms with Crippen molar-refractivity contribution in [2.24, 2.45) is 5.14 Å². The number of rotatable bonds is 4. The maximum atomic E-state index is 12.1. The molecule has 2 rings (SSSR count). The van der Waals surface area contributed by atoms with E-state index in [0.717, 1.165) is 0 Å². The Hall–Kier alpha value is -2.69. The van der Waals surface area contributed by atoms with Gasteiger partial charge >= 0.3 is 5.97 Å². The van der Waals surface area contributed by atoms with Crippen molar-refractivity contribution >= 4 is 16.0 Å². The Morgan fingerprint density at radius 2 is 2.00 bits per heavy atom. The summed E-state index contributed by atoms with van der Waals surface area (Å²) < 4.78 is 27.9. The number of nitriles is 1. The average Bonchev–Trinajstić information content (AvgIpc) is 2.52. The second kappa shape index (κ2) is 6.60. The zero-order valence-electron chi connectivity index (χ0n) is 12.3. The highest BCUT2D eigenvalue weighted by Crippen LogP contribution is 2.16. The van der Waals surface area contributed by atoms with Gasteiger partial charge in [-0.15, -0.1) is 0 Å². The number of aryl methyl sites for hydroxylation is 1. The highest BCUT2D eigenvalue weighted by Gasteiger charge is 2.16. The molecule has 23 heavy (non-hydrogen) atoms. The largest absolute Gasteiger partial charge is 0.457 e. The molecule has 0 saturated heterocycles. The second-order valence-corrected chi connectivity index (χ2v) is 6.47. The Kier molecular flexibility index (Phi) is 4.79. The molecule has 0 aromatic heterocycles. The zero-order valence-corrected chi connectivity index (χ0v) is 13.1. The first-order valence-corrected chi connectivity index (χ1v) is 8.15. The van der Waals surface area contributed by atoms with Gasteiger partial charge < -0.3 is 4.74 Å². The van der Waals surface area contributed by atoms with Gasteiger partial charge in [-0.1, -0.05) is 18.2 Å². The number of sulfonamides is 1. The van der Waals surface area contributed by atoms with Crippen LogP contribution in [0.5, 0.6) is 0 Å². The number of benzene rings is 2. The number of nitrogens with zero attached hydrogens (tertiary/aromatic N) is 1. The van der Waals surface area contributed by atoms with Crippen molar-refractivity contribution in [1.29, 1.82) is 5.26 Å². The molecule has 0 aliphatic heterocycles. The lowest BCUT2D eigenvalue weighted by molar-refractivity contribution is 0.0471. The fourth-order valence-corrected chi connectivity index (χ4v) is 2.50. The Bertz CT molecular complexity index is 899. The maximum absolute atomic E-state index is 12.1. The van der Waals surface area contributed by atoms with E-state index in [-0.39, 0.29) is 17.1 Å². The Morgan fingerprint density at radius 3 is 2.65 bits per heavy atom. The summed E-state index contributed by atoms with van der Waals surface area (Å²) in [5.74, 6) is -0.657. The molecule has 0 bridgehead atoms. The van der Waals surface area contributed by atoms with Gasteiger partial charge in [-0.2, -0.15) is 5.26 Å². The van der Waals surface area contributed by atoms with Crippen molar-refractivity contribution in [1.82, 2.24) is 0 Å². The number of esters is 1. The van der Waals surface area contributed by atoms with Crippen molar-refractivity contribution < 1.29 is 17.9 Å². The van der Waals surface area contributed by atoms with Crippen LogP contribution in [0, 0.1) is 18.3 Å². The van der Waals surface area contributed by atoms with Crippen LogP contribution in [0.4, 0.5) is 0 Å². The van der Waals surface area contributed by atoms with Gasteiger partial charge in [-0.3, -0.25) is 0 Å². The molecule has 0 radical (unpaired) electrons. The lowest BCUT2D eigenvalue weighted by Crippen LogP contribution is -2.14. The third kappa shape index (κ3) is 4.16. The summed E-state index contributed by atoms with van der Waals surface area (Å²) in [5, 5.41) is 13.9. The number of primary sulfonamides is 1. The number of nitrogens with two attached hydrogens (primary N) is 1. The van der Waals surface area contributed by atoms with Crippen LogP contribution < -0.4 is 5.14 Å². The van der Waals surface area contributed by atoms with E-state index in [1.165, 1.54) is 18.2 Å². The first-order valence-electron chi connectivity index (χ1n) is 6.61. The standard InChI is InChI=1S/C16H14N2O4S/c1-11-5-6-14(23(18,20)21)8-15(11)16(19)22-10-13-4-2-3-12(7-13)9-17/h2-8H,10H2,1H3,(H2,18,20,21). The predicted octanol–water partition coefficient (Wildman–Crippen LogP) is 1.87. The van der Waals surface area contributed by atoms with Crippen LogP contribution in [0.3, 0.4) is 0 Å². The molecule has 0 aliphatic rings. The molecule has 2 N–H and O–H groups in total. The van der Waals surface area contributed by atoms with Crippen molar-refractivity contribution in [3.05, 3.63) is 64.7 Å². The van der Waals surface area contributed by atoms with Gasteiger partial charge in [0.2, 0.25) is 10.0 Å². The minimum absolute atomic E-state index is 0.0204. The van der Waals surface area contributed by atoms with Crippen molar-refractivity contribution in [2.75, 3.05) is 0 Å². The van der Waals surface area contributed by atoms with E-state index in [1.807, 2.05) is 6.07 Å². The third-order valence-electron chi connectivity index (χ3n) is 3.18. The van der Waals surface area contributed by atoms with Crippen LogP contribution in [0.1, 0.15) is 27.0 Å². The Morgan fingerprint density at radius 1 is 1.26 bits per heavy atom. The summed E-state index contributed by atoms with van der Waals surface area (Å²) in [6.07, 6.45) is 0. The van der Waals surface area contributed by atoms with E-state index < -0.39 is 16.0 Å². The summed E-state index contributed by atoms with van der Waals surface area (Å²) in [5.41, 5.74) is 1.84. The molecular weight excluding hydrogens is 316 g/mol. The molecular formula is C16H14N2O4S. The SMILES string of the molecule is Cc1ccc(S(N)(=O)=O)cc1C(=O)OCc1cccc(C#N)c1. The molecule has 0 saturated carbocycles. The lowest BCUT2D eigenvalue weighted by atomic mass is 10.1. The van der Waals surface area contributed by atoms with E-state index in [2.05, 4.69) is 0 Å². The van der Waals surface area contributed by atoms with Crippen LogP contribution in [0.15, 0.2) is 47.4 Å². The summed E-state index contributed by atoms with van der Waals surface area (Å²) in [6, 6.07) is 12.7. The first kappa shape index (κ1) is 16.7. The number of ether oxygens (including phenoxy) is 1. The van der Waals surface area contributed by atoms with E-state index in [9.17, 15) is 13.2 Å². The van der Waals surface area contributed by atoms with Crippen LogP contribution in [0.2, 0.25) is 0 Å². The van der Waals surface area contributed by atoms with Crippen LogP contribution >= 0.6 is 0 Å². The summed E-state index contributed by atoms with van der Waals surface area (Å²) in [4.78, 5) is 12.0. The summed E-state index contributed by atoms with van der Waals surface area (Å²) in [6.45, 7) is 1.65. The van der Waals surface area contributed by atoms with Crippen molar-refractivity contribution in [3.8, 4) is 6.07 Å². The minimum Gasteiger partial charge on any atom is -0.457 e. The highest BCUT2D eigenvalue weighted by molar-refractivity contribution is 7.89. The van der Waals surface area contributed by atoms with E-state index in [4.69, 9.17) is 15.1 Å². The van der Waals surface area contributed by atoms with Gasteiger partial charge in [0, 0.05) is 0 Å². The Balaban J connectivity index is 2.19. The van der Waals surface area contributed by atoms with Crippen molar-refractivity contribution in [3.63, 3.8) is 0 Å². The molecule has 0 atom stereocenters. The number of hydrogen-bond acceptors (Lipinski definition) is 5. The van der Waals surface area contributed by atoms with Gasteiger partial charge in [0.1, 0.15) is 6.61 Å². The normalized spacial score (nSPS) is 10.8. The first-order chi connectivity index (χ1) is 10.8. The third-order valence-corrected chi connectivity index (χ3v) is 4.09. The molecule has 0 amide bonds. The van der Waals surface area contributed by atoms with Crippen LogP contribution in [0.25, 0.3) is 0 Å². The Labute approximate surface area is 134 Å². The van der Waals surface area contributed by atoms with Crippen LogP contribution in [-0.2, 0) is 21.4 Å². The topological polar surface area (TPSA) is 110 Å². The molecule has 118 valence electrons. The molecule has 6 nitrogen and oxygen atoms in total. The van der Waals surface area contributed by atoms with Crippen molar-refractivity contribution in [2.45, 2.75) is 18.4 Å². The number of carbonyl (C=O) groups is 1. The maximum Gasteiger partial charge on any atom is 0.338 e. The molecule has 0 aliphatic carbocycles. The fraction of sp³-hybridized carbons (Fsp3) is 0.125. The fourth-order valence-electron chi connectivity index (χ4n) is 1.96. The summed E-state index contributed by atoms with van der Waals surface area (Å²) in [7, 11) is -3.90. The van der Waals surface area contributed by atoms with Gasteiger partial charge in [0.25, 0.3) is 0 Å². The van der Waals surface area contributed by atoms with Crippen LogP contribution in [-0.4, -0.2) is 14.4 Å². The van der Waals surface area contributed by atoms with Gasteiger partial charge in [0.05, 0.1) is 22.1 Å². The molecule has 2 aromatic rings. The van der Waals surface area contributed by atoms with E-state index in [1.54, 1.807) is 31.2 Å². The molecule has 0 unspecified atom stereocenters. The van der Waals surface area contributed by atoms with Gasteiger partial charge in [-0.05, 0) is 42.3 Å². The second-order valence-electron chi connectivity index (χ2n) is 4.91. The molecule has 7 heteroatoms. The van der Waals surface area contributed by atoms with E-state index in [0.29, 0.717) is 16.7 Å². The predicted molar refractivity (Wildman–Crippen MR) is 82.8 cm³/mol. The highest BCUT2D eigenvalue weighted by atomic mass is 32.2. The van der Waals surface area contributed by atoms with Gasteiger partial charge in [0.15, 0.2) is 0 Å². The molecule has 2 aromatic carbocycles. The zero-order chi connectivity index (χ0) is 17.0. The molecule has 0 spiro atoms. The number of hydrogen-bond donors (Lipinski definition) is 1. The monoisotopic (exact) mass is 330 g/mol. The lowest BCUT2D eigenvalue weighted by Gasteiger charge is -2.09. The number of carbonyl (C=O) groups excluding carboxylic acids is 1. The van der Waals surface area contributed by atoms with E-state index >= 15 is 0 Å².